The second-order valence-corrected chi connectivity index (χ2v) is 9.06. The summed E-state index contributed by atoms with van der Waals surface area (Å²) in [6.45, 7) is 1.51. The fourth-order valence-corrected chi connectivity index (χ4v) is 5.82. The van der Waals surface area contributed by atoms with Gasteiger partial charge in [-0.15, -0.1) is 0 Å². The summed E-state index contributed by atoms with van der Waals surface area (Å²) in [4.78, 5) is 35.8. The number of benzene rings is 1. The molecule has 7 nitrogen and oxygen atoms in total. The van der Waals surface area contributed by atoms with Gasteiger partial charge in [0.15, 0.2) is 6.10 Å². The third kappa shape index (κ3) is 3.48. The van der Waals surface area contributed by atoms with Crippen molar-refractivity contribution in [1.82, 2.24) is 0 Å². The number of nitro groups is 1. The fraction of sp³-hybridized carbons (Fsp3) is 0.600. The van der Waals surface area contributed by atoms with Gasteiger partial charge in [-0.25, -0.2) is 0 Å². The third-order valence-electron chi connectivity index (χ3n) is 6.54. The predicted molar refractivity (Wildman–Crippen MR) is 103 cm³/mol. The molecular weight excluding hydrogens is 384 g/mol. The topological polar surface area (TPSA) is 98.5 Å². The van der Waals surface area contributed by atoms with Crippen molar-refractivity contribution in [2.24, 2.45) is 23.2 Å². The van der Waals surface area contributed by atoms with Crippen molar-refractivity contribution in [2.75, 3.05) is 5.32 Å². The van der Waals surface area contributed by atoms with Crippen LogP contribution in [-0.4, -0.2) is 22.9 Å². The van der Waals surface area contributed by atoms with Gasteiger partial charge in [-0.2, -0.15) is 0 Å². The molecule has 0 aromatic heterocycles. The molecule has 1 aromatic carbocycles. The number of ether oxygens (including phenoxy) is 1. The number of esters is 1. The molecule has 0 spiro atoms. The van der Waals surface area contributed by atoms with Gasteiger partial charge in [0.25, 0.3) is 11.6 Å². The number of halogens is 1. The molecule has 1 unspecified atom stereocenters. The van der Waals surface area contributed by atoms with Crippen LogP contribution in [0.25, 0.3) is 0 Å². The molecule has 0 heterocycles. The lowest BCUT2D eigenvalue weighted by Gasteiger charge is -2.55. The Morgan fingerprint density at radius 2 is 1.79 bits per heavy atom. The summed E-state index contributed by atoms with van der Waals surface area (Å²) in [5, 5.41) is 13.6. The molecule has 0 saturated heterocycles. The summed E-state index contributed by atoms with van der Waals surface area (Å²) in [6.07, 6.45) is 5.24. The molecule has 5 rings (SSSR count). The zero-order chi connectivity index (χ0) is 20.1. The Morgan fingerprint density at radius 3 is 2.32 bits per heavy atom. The standard InChI is InChI=1S/C20H23ClN2O5/c1-11(18(24)22-17-7-15(23(26)27)2-3-16(17)21)28-19(25)20-8-12-4-13(9-20)6-14(5-12)10-20/h2-3,7,11-14H,4-6,8-10H2,1H3,(H,22,24). The fourth-order valence-electron chi connectivity index (χ4n) is 5.66. The molecule has 4 saturated carbocycles. The van der Waals surface area contributed by atoms with Gasteiger partial charge < -0.3 is 10.1 Å². The quantitative estimate of drug-likeness (QED) is 0.445. The minimum atomic E-state index is -1.00. The number of hydrogen-bond donors (Lipinski definition) is 1. The molecule has 4 aliphatic rings. The van der Waals surface area contributed by atoms with Crippen LogP contribution >= 0.6 is 11.6 Å². The van der Waals surface area contributed by atoms with Crippen LogP contribution in [0.4, 0.5) is 11.4 Å². The lowest BCUT2D eigenvalue weighted by atomic mass is 9.49. The monoisotopic (exact) mass is 406 g/mol. The minimum Gasteiger partial charge on any atom is -0.452 e. The average Bonchev–Trinajstić information content (AvgIpc) is 2.62. The molecule has 1 N–H and O–H groups in total. The third-order valence-corrected chi connectivity index (χ3v) is 6.87. The number of nitrogens with one attached hydrogen (secondary N) is 1. The maximum absolute atomic E-state index is 13.0. The lowest BCUT2D eigenvalue weighted by Crippen LogP contribution is -2.51. The van der Waals surface area contributed by atoms with E-state index in [4.69, 9.17) is 16.3 Å². The molecule has 1 aromatic rings. The van der Waals surface area contributed by atoms with Gasteiger partial charge in [0, 0.05) is 12.1 Å². The van der Waals surface area contributed by atoms with E-state index in [2.05, 4.69) is 5.32 Å². The van der Waals surface area contributed by atoms with Crippen LogP contribution in [0, 0.1) is 33.3 Å². The van der Waals surface area contributed by atoms with Crippen LogP contribution in [0.5, 0.6) is 0 Å². The first-order valence-electron chi connectivity index (χ1n) is 9.71. The van der Waals surface area contributed by atoms with Crippen LogP contribution in [0.15, 0.2) is 18.2 Å². The Morgan fingerprint density at radius 1 is 1.21 bits per heavy atom. The van der Waals surface area contributed by atoms with E-state index >= 15 is 0 Å². The maximum atomic E-state index is 13.0. The molecule has 1 amide bonds. The molecule has 150 valence electrons. The highest BCUT2D eigenvalue weighted by Gasteiger charge is 2.55. The van der Waals surface area contributed by atoms with E-state index in [0.29, 0.717) is 17.8 Å². The summed E-state index contributed by atoms with van der Waals surface area (Å²) in [5.41, 5.74) is -0.497. The Bertz CT molecular complexity index is 805. The average molecular weight is 407 g/mol. The second-order valence-electron chi connectivity index (χ2n) is 8.66. The largest absolute Gasteiger partial charge is 0.452 e. The highest BCUT2D eigenvalue weighted by molar-refractivity contribution is 6.33. The van der Waals surface area contributed by atoms with E-state index in [9.17, 15) is 19.7 Å². The first-order chi connectivity index (χ1) is 13.3. The molecule has 8 heteroatoms. The number of nitro benzene ring substituents is 1. The van der Waals surface area contributed by atoms with E-state index in [1.165, 1.54) is 44.4 Å². The van der Waals surface area contributed by atoms with Gasteiger partial charge in [0.1, 0.15) is 0 Å². The van der Waals surface area contributed by atoms with E-state index in [-0.39, 0.29) is 22.4 Å². The number of anilines is 1. The van der Waals surface area contributed by atoms with Crippen molar-refractivity contribution >= 4 is 34.9 Å². The summed E-state index contributed by atoms with van der Waals surface area (Å²) >= 11 is 6.02. The normalized spacial score (nSPS) is 31.3. The van der Waals surface area contributed by atoms with Crippen LogP contribution in [0.3, 0.4) is 0 Å². The zero-order valence-corrected chi connectivity index (χ0v) is 16.4. The Hall–Kier alpha value is -2.15. The highest BCUT2D eigenvalue weighted by atomic mass is 35.5. The zero-order valence-electron chi connectivity index (χ0n) is 15.7. The molecule has 0 aliphatic heterocycles. The van der Waals surface area contributed by atoms with Crippen molar-refractivity contribution < 1.29 is 19.2 Å². The number of nitrogens with zero attached hydrogens (tertiary/aromatic N) is 1. The summed E-state index contributed by atoms with van der Waals surface area (Å²) in [7, 11) is 0. The summed E-state index contributed by atoms with van der Waals surface area (Å²) in [5.74, 6) is 0.977. The first-order valence-corrected chi connectivity index (χ1v) is 10.1. The number of non-ortho nitro benzene ring substituents is 1. The van der Waals surface area contributed by atoms with Crippen LogP contribution < -0.4 is 5.32 Å². The van der Waals surface area contributed by atoms with Gasteiger partial charge >= 0.3 is 5.97 Å². The number of carbonyl (C=O) groups excluding carboxylic acids is 2. The molecule has 4 aliphatic carbocycles. The molecule has 4 fully saturated rings. The number of hydrogen-bond acceptors (Lipinski definition) is 5. The van der Waals surface area contributed by atoms with Crippen molar-refractivity contribution in [3.8, 4) is 0 Å². The molecular formula is C20H23ClN2O5. The molecule has 1 atom stereocenters. The van der Waals surface area contributed by atoms with E-state index < -0.39 is 22.3 Å². The van der Waals surface area contributed by atoms with Crippen molar-refractivity contribution in [3.63, 3.8) is 0 Å². The highest BCUT2D eigenvalue weighted by Crippen LogP contribution is 2.60. The number of amides is 1. The van der Waals surface area contributed by atoms with Gasteiger partial charge in [-0.05, 0) is 69.3 Å². The van der Waals surface area contributed by atoms with E-state index in [1.807, 2.05) is 0 Å². The van der Waals surface area contributed by atoms with Gasteiger partial charge in [-0.3, -0.25) is 19.7 Å². The Balaban J connectivity index is 1.42. The molecule has 28 heavy (non-hydrogen) atoms. The smallest absolute Gasteiger partial charge is 0.312 e. The summed E-state index contributed by atoms with van der Waals surface area (Å²) < 4.78 is 5.56. The van der Waals surface area contributed by atoms with E-state index in [0.717, 1.165) is 19.3 Å². The van der Waals surface area contributed by atoms with Crippen LogP contribution in [0.1, 0.15) is 45.4 Å². The van der Waals surface area contributed by atoms with Crippen LogP contribution in [-0.2, 0) is 14.3 Å². The van der Waals surface area contributed by atoms with Crippen LogP contribution in [0.2, 0.25) is 5.02 Å². The van der Waals surface area contributed by atoms with Gasteiger partial charge in [-0.1, -0.05) is 11.6 Å². The van der Waals surface area contributed by atoms with Gasteiger partial charge in [0.2, 0.25) is 0 Å². The SMILES string of the molecule is CC(OC(=O)C12CC3CC(CC(C3)C1)C2)C(=O)Nc1cc([N+](=O)[O-])ccc1Cl. The Kier molecular flexibility index (Phi) is 4.81. The second kappa shape index (κ2) is 7.03. The van der Waals surface area contributed by atoms with E-state index in [1.54, 1.807) is 0 Å². The maximum Gasteiger partial charge on any atom is 0.312 e. The summed E-state index contributed by atoms with van der Waals surface area (Å²) in [6, 6.07) is 3.80. The molecule has 0 radical (unpaired) electrons. The van der Waals surface area contributed by atoms with Crippen molar-refractivity contribution in [2.45, 2.75) is 51.6 Å². The van der Waals surface area contributed by atoms with Gasteiger partial charge in [0.05, 0.1) is 21.0 Å². The first kappa shape index (κ1) is 19.2. The molecule has 4 bridgehead atoms. The number of carbonyl (C=O) groups is 2. The van der Waals surface area contributed by atoms with Crippen molar-refractivity contribution in [3.05, 3.63) is 33.3 Å². The predicted octanol–water partition coefficient (Wildman–Crippen LogP) is 4.33. The number of rotatable bonds is 5. The minimum absolute atomic E-state index is 0.124. The lowest BCUT2D eigenvalue weighted by molar-refractivity contribution is -0.384. The van der Waals surface area contributed by atoms with Crippen molar-refractivity contribution in [1.29, 1.82) is 0 Å². The Labute approximate surface area is 167 Å².